The maximum atomic E-state index is 2.42. The van der Waals surface area contributed by atoms with Crippen molar-refractivity contribution in [2.75, 3.05) is 4.90 Å². The largest absolute Gasteiger partial charge is 0.310 e. The normalized spacial score (nSPS) is 11.4. The monoisotopic (exact) mass is 814 g/mol. The SMILES string of the molecule is c1ccc(-c2cccc(-c3ccc(N(c4ccc(-c5cccc6ccccc56)cc4)c4cccc(-c5c6ccccc6cc6c5c5ccccc5n6-c5ccccc5)c4)cc3)c2)cc1. The number of hydrogen-bond acceptors (Lipinski definition) is 1. The Morgan fingerprint density at radius 1 is 0.281 bits per heavy atom. The summed E-state index contributed by atoms with van der Waals surface area (Å²) in [5, 5.41) is 7.43. The number of benzene rings is 11. The van der Waals surface area contributed by atoms with Crippen LogP contribution in [-0.4, -0.2) is 4.57 Å². The van der Waals surface area contributed by atoms with E-state index in [9.17, 15) is 0 Å². The van der Waals surface area contributed by atoms with Gasteiger partial charge in [-0.2, -0.15) is 0 Å². The van der Waals surface area contributed by atoms with E-state index in [4.69, 9.17) is 0 Å². The minimum atomic E-state index is 1.08. The van der Waals surface area contributed by atoms with E-state index < -0.39 is 0 Å². The Morgan fingerprint density at radius 3 is 1.56 bits per heavy atom. The first-order valence-electron chi connectivity index (χ1n) is 22.0. The first kappa shape index (κ1) is 37.3. The third-order valence-corrected chi connectivity index (χ3v) is 12.7. The molecule has 0 radical (unpaired) electrons. The van der Waals surface area contributed by atoms with Crippen molar-refractivity contribution in [3.63, 3.8) is 0 Å². The van der Waals surface area contributed by atoms with Gasteiger partial charge in [0.1, 0.15) is 0 Å². The molecular formula is C62H42N2. The highest BCUT2D eigenvalue weighted by atomic mass is 15.1. The standard InChI is InChI=1S/C62H42N2/c1-3-16-43(17-4-1)47-21-13-22-48(40-47)44-32-36-52(37-33-44)63(53-38-34-46(35-39-53)56-30-15-20-45-18-7-9-27-55(45)56)54-26-14-23-50(41-54)61-57-28-10-8-19-49(57)42-60-62(61)58-29-11-12-31-59(58)64(60)51-24-5-2-6-25-51/h1-42H. The van der Waals surface area contributed by atoms with Crippen LogP contribution in [0.4, 0.5) is 17.1 Å². The van der Waals surface area contributed by atoms with Crippen LogP contribution in [0, 0.1) is 0 Å². The zero-order valence-corrected chi connectivity index (χ0v) is 35.1. The number of anilines is 3. The molecule has 0 amide bonds. The molecule has 64 heavy (non-hydrogen) atoms. The lowest BCUT2D eigenvalue weighted by Gasteiger charge is -2.27. The van der Waals surface area contributed by atoms with Crippen LogP contribution in [0.3, 0.4) is 0 Å². The molecule has 300 valence electrons. The molecule has 0 bridgehead atoms. The van der Waals surface area contributed by atoms with Crippen molar-refractivity contribution in [3.05, 3.63) is 255 Å². The molecular weight excluding hydrogens is 773 g/mol. The molecule has 11 aromatic carbocycles. The van der Waals surface area contributed by atoms with E-state index >= 15 is 0 Å². The maximum Gasteiger partial charge on any atom is 0.0553 e. The van der Waals surface area contributed by atoms with Crippen LogP contribution < -0.4 is 4.90 Å². The van der Waals surface area contributed by atoms with Gasteiger partial charge in [-0.15, -0.1) is 0 Å². The highest BCUT2D eigenvalue weighted by Crippen LogP contribution is 2.45. The molecule has 0 spiro atoms. The molecule has 0 aliphatic carbocycles. The quantitative estimate of drug-likeness (QED) is 0.148. The van der Waals surface area contributed by atoms with E-state index in [1.807, 2.05) is 0 Å². The van der Waals surface area contributed by atoms with Gasteiger partial charge in [0.2, 0.25) is 0 Å². The summed E-state index contributed by atoms with van der Waals surface area (Å²) in [6.07, 6.45) is 0. The fourth-order valence-electron chi connectivity index (χ4n) is 9.77. The van der Waals surface area contributed by atoms with Gasteiger partial charge in [-0.3, -0.25) is 0 Å². The lowest BCUT2D eigenvalue weighted by molar-refractivity contribution is 1.18. The highest BCUT2D eigenvalue weighted by molar-refractivity contribution is 6.23. The number of para-hydroxylation sites is 2. The Hall–Kier alpha value is -8.46. The smallest absolute Gasteiger partial charge is 0.0553 e. The van der Waals surface area contributed by atoms with E-state index in [0.29, 0.717) is 0 Å². The van der Waals surface area contributed by atoms with Gasteiger partial charge in [0, 0.05) is 33.5 Å². The predicted octanol–water partition coefficient (Wildman–Crippen LogP) is 17.2. The second-order valence-corrected chi connectivity index (χ2v) is 16.5. The first-order chi connectivity index (χ1) is 31.7. The van der Waals surface area contributed by atoms with E-state index in [1.165, 1.54) is 87.9 Å². The zero-order valence-electron chi connectivity index (χ0n) is 35.1. The van der Waals surface area contributed by atoms with Gasteiger partial charge in [0.25, 0.3) is 0 Å². The lowest BCUT2D eigenvalue weighted by atomic mass is 9.92. The van der Waals surface area contributed by atoms with E-state index in [1.54, 1.807) is 0 Å². The second kappa shape index (κ2) is 15.8. The van der Waals surface area contributed by atoms with Crippen molar-refractivity contribution in [2.45, 2.75) is 0 Å². The number of rotatable bonds is 8. The van der Waals surface area contributed by atoms with Gasteiger partial charge in [-0.05, 0) is 133 Å². The molecule has 0 aliphatic heterocycles. The Bertz CT molecular complexity index is 3640. The van der Waals surface area contributed by atoms with Gasteiger partial charge >= 0.3 is 0 Å². The van der Waals surface area contributed by atoms with Crippen LogP contribution in [-0.2, 0) is 0 Å². The van der Waals surface area contributed by atoms with Crippen LogP contribution in [0.15, 0.2) is 255 Å². The van der Waals surface area contributed by atoms with Crippen molar-refractivity contribution < 1.29 is 0 Å². The number of fused-ring (bicyclic) bond motifs is 5. The average molecular weight is 815 g/mol. The van der Waals surface area contributed by atoms with Gasteiger partial charge < -0.3 is 9.47 Å². The van der Waals surface area contributed by atoms with Crippen LogP contribution in [0.2, 0.25) is 0 Å². The molecule has 12 rings (SSSR count). The summed E-state index contributed by atoms with van der Waals surface area (Å²) in [7, 11) is 0. The molecule has 1 heterocycles. The van der Waals surface area contributed by atoms with Crippen LogP contribution in [0.25, 0.3) is 93.5 Å². The van der Waals surface area contributed by atoms with Gasteiger partial charge in [0.15, 0.2) is 0 Å². The predicted molar refractivity (Wildman–Crippen MR) is 272 cm³/mol. The average Bonchev–Trinajstić information content (AvgIpc) is 3.70. The summed E-state index contributed by atoms with van der Waals surface area (Å²) in [5.74, 6) is 0. The summed E-state index contributed by atoms with van der Waals surface area (Å²) in [5.41, 5.74) is 16.4. The third-order valence-electron chi connectivity index (χ3n) is 12.7. The Balaban J connectivity index is 1.03. The van der Waals surface area contributed by atoms with Crippen LogP contribution in [0.5, 0.6) is 0 Å². The second-order valence-electron chi connectivity index (χ2n) is 16.5. The molecule has 0 saturated carbocycles. The van der Waals surface area contributed by atoms with E-state index in [-0.39, 0.29) is 0 Å². The van der Waals surface area contributed by atoms with Crippen LogP contribution in [0.1, 0.15) is 0 Å². The van der Waals surface area contributed by atoms with Crippen molar-refractivity contribution in [2.24, 2.45) is 0 Å². The van der Waals surface area contributed by atoms with Crippen molar-refractivity contribution >= 4 is 60.4 Å². The zero-order chi connectivity index (χ0) is 42.4. The molecule has 0 atom stereocenters. The lowest BCUT2D eigenvalue weighted by Crippen LogP contribution is -2.10. The van der Waals surface area contributed by atoms with Gasteiger partial charge in [-0.25, -0.2) is 0 Å². The molecule has 0 fully saturated rings. The minimum absolute atomic E-state index is 1.08. The van der Waals surface area contributed by atoms with Crippen molar-refractivity contribution in [1.82, 2.24) is 4.57 Å². The summed E-state index contributed by atoms with van der Waals surface area (Å²) >= 11 is 0. The molecule has 0 unspecified atom stereocenters. The summed E-state index contributed by atoms with van der Waals surface area (Å²) in [6.45, 7) is 0. The van der Waals surface area contributed by atoms with E-state index in [2.05, 4.69) is 264 Å². The molecule has 2 heteroatoms. The van der Waals surface area contributed by atoms with E-state index in [0.717, 1.165) is 22.7 Å². The Morgan fingerprint density at radius 2 is 0.812 bits per heavy atom. The molecule has 0 saturated heterocycles. The first-order valence-corrected chi connectivity index (χ1v) is 22.0. The van der Waals surface area contributed by atoms with Gasteiger partial charge in [0.05, 0.1) is 11.0 Å². The summed E-state index contributed by atoms with van der Waals surface area (Å²) < 4.78 is 2.42. The van der Waals surface area contributed by atoms with Crippen molar-refractivity contribution in [1.29, 1.82) is 0 Å². The molecule has 0 aliphatic rings. The van der Waals surface area contributed by atoms with Gasteiger partial charge in [-0.1, -0.05) is 188 Å². The molecule has 2 nitrogen and oxygen atoms in total. The molecule has 1 aromatic heterocycles. The number of aromatic nitrogens is 1. The fraction of sp³-hybridized carbons (Fsp3) is 0. The Kier molecular flexibility index (Phi) is 9.20. The molecule has 0 N–H and O–H groups in total. The topological polar surface area (TPSA) is 8.17 Å². The summed E-state index contributed by atoms with van der Waals surface area (Å²) in [6, 6.07) is 92.7. The molecule has 12 aromatic rings. The van der Waals surface area contributed by atoms with Crippen LogP contribution >= 0.6 is 0 Å². The minimum Gasteiger partial charge on any atom is -0.310 e. The Labute approximate surface area is 373 Å². The number of hydrogen-bond donors (Lipinski definition) is 0. The number of nitrogens with zero attached hydrogens (tertiary/aromatic N) is 2. The van der Waals surface area contributed by atoms with Crippen molar-refractivity contribution in [3.8, 4) is 50.2 Å². The third kappa shape index (κ3) is 6.52. The fourth-order valence-corrected chi connectivity index (χ4v) is 9.77. The maximum absolute atomic E-state index is 2.42. The highest BCUT2D eigenvalue weighted by Gasteiger charge is 2.21. The summed E-state index contributed by atoms with van der Waals surface area (Å²) in [4.78, 5) is 2.40.